The third-order valence-electron chi connectivity index (χ3n) is 3.47. The lowest BCUT2D eigenvalue weighted by molar-refractivity contribution is -0.313. The smallest absolute Gasteiger partial charge is 0.186 e. The van der Waals surface area contributed by atoms with E-state index < -0.39 is 49.0 Å². The van der Waals surface area contributed by atoms with Crippen molar-refractivity contribution in [1.82, 2.24) is 0 Å². The minimum Gasteiger partial charge on any atom is -0.388 e. The first-order chi connectivity index (χ1) is 10.3. The molecule has 0 saturated carbocycles. The second kappa shape index (κ2) is 9.09. The highest BCUT2D eigenvalue weighted by atomic mass is 16.7. The van der Waals surface area contributed by atoms with Gasteiger partial charge in [-0.15, -0.1) is 0 Å². The van der Waals surface area contributed by atoms with Gasteiger partial charge in [0.25, 0.3) is 0 Å². The monoisotopic (exact) mass is 324 g/mol. The molecule has 0 bridgehead atoms. The maximum Gasteiger partial charge on any atom is 0.186 e. The lowest BCUT2D eigenvalue weighted by Crippen LogP contribution is -2.59. The summed E-state index contributed by atoms with van der Waals surface area (Å²) in [5.74, 6) is 0. The highest BCUT2D eigenvalue weighted by Gasteiger charge is 2.44. The van der Waals surface area contributed by atoms with Crippen molar-refractivity contribution in [2.45, 2.75) is 76.2 Å². The molecule has 132 valence electrons. The van der Waals surface area contributed by atoms with E-state index in [1.807, 2.05) is 0 Å². The van der Waals surface area contributed by atoms with Crippen molar-refractivity contribution >= 4 is 0 Å². The van der Waals surface area contributed by atoms with Gasteiger partial charge in [0.15, 0.2) is 6.29 Å². The van der Waals surface area contributed by atoms with Crippen molar-refractivity contribution in [2.75, 3.05) is 13.2 Å². The van der Waals surface area contributed by atoms with Crippen LogP contribution >= 0.6 is 0 Å². The van der Waals surface area contributed by atoms with Crippen LogP contribution < -0.4 is 0 Å². The summed E-state index contributed by atoms with van der Waals surface area (Å²) in [6, 6.07) is 0. The Balaban J connectivity index is 0.000000745. The Morgan fingerprint density at radius 1 is 0.864 bits per heavy atom. The molecule has 8 atom stereocenters. The zero-order chi connectivity index (χ0) is 16.9. The van der Waals surface area contributed by atoms with Gasteiger partial charge in [-0.1, -0.05) is 20.3 Å². The molecule has 8 nitrogen and oxygen atoms in total. The summed E-state index contributed by atoms with van der Waals surface area (Å²) in [5, 5.41) is 47.9. The molecule has 5 N–H and O–H groups in total. The molecule has 22 heavy (non-hydrogen) atoms. The van der Waals surface area contributed by atoms with Crippen molar-refractivity contribution in [3.05, 3.63) is 0 Å². The molecule has 2 aliphatic rings. The van der Waals surface area contributed by atoms with Gasteiger partial charge in [0.2, 0.25) is 0 Å². The number of aliphatic hydroxyl groups excluding tert-OH is 5. The van der Waals surface area contributed by atoms with Crippen LogP contribution in [0.4, 0.5) is 0 Å². The van der Waals surface area contributed by atoms with E-state index in [0.717, 1.165) is 0 Å². The van der Waals surface area contributed by atoms with Crippen LogP contribution in [0.3, 0.4) is 0 Å². The molecule has 0 amide bonds. The summed E-state index contributed by atoms with van der Waals surface area (Å²) < 4.78 is 15.7. The molecule has 2 heterocycles. The quantitative estimate of drug-likeness (QED) is 0.409. The highest BCUT2D eigenvalue weighted by molar-refractivity contribution is 4.89. The molecule has 2 saturated heterocycles. The number of rotatable bonds is 2. The second-order valence-electron chi connectivity index (χ2n) is 5.65. The Hall–Kier alpha value is -0.320. The van der Waals surface area contributed by atoms with E-state index in [2.05, 4.69) is 13.8 Å². The molecule has 0 aromatic heterocycles. The standard InChI is InChI=1S/C11H20O8.C3H8/c1-4-10(8(15)6(13)2-17-4)19-11-9(16)7(14)5(12)3-18-11;1-3-2/h4-16H,2-3H2,1H3;3H2,1-2H3/t4-,5+,6-,7-,8-,9+,10-,11-;/m0./s1. The molecule has 0 aromatic carbocycles. The van der Waals surface area contributed by atoms with Crippen molar-refractivity contribution in [3.8, 4) is 0 Å². The predicted octanol–water partition coefficient (Wildman–Crippen LogP) is -1.63. The normalized spacial score (nSPS) is 45.8. The number of hydrogen-bond acceptors (Lipinski definition) is 8. The van der Waals surface area contributed by atoms with Crippen molar-refractivity contribution < 1.29 is 39.7 Å². The van der Waals surface area contributed by atoms with E-state index in [-0.39, 0.29) is 13.2 Å². The topological polar surface area (TPSA) is 129 Å². The fourth-order valence-electron chi connectivity index (χ4n) is 2.19. The molecule has 2 rings (SSSR count). The van der Waals surface area contributed by atoms with Gasteiger partial charge in [-0.2, -0.15) is 0 Å². The summed E-state index contributed by atoms with van der Waals surface area (Å²) in [4.78, 5) is 0. The maximum absolute atomic E-state index is 9.84. The zero-order valence-corrected chi connectivity index (χ0v) is 13.2. The Morgan fingerprint density at radius 2 is 1.36 bits per heavy atom. The first-order valence-electron chi connectivity index (χ1n) is 7.62. The average molecular weight is 324 g/mol. The molecule has 2 aliphatic heterocycles. The molecule has 0 aliphatic carbocycles. The number of hydrogen-bond donors (Lipinski definition) is 5. The molecule has 0 unspecified atom stereocenters. The van der Waals surface area contributed by atoms with Gasteiger partial charge >= 0.3 is 0 Å². The Kier molecular flexibility index (Phi) is 8.15. The largest absolute Gasteiger partial charge is 0.388 e. The lowest BCUT2D eigenvalue weighted by Gasteiger charge is -2.41. The molecule has 0 spiro atoms. The third kappa shape index (κ3) is 4.84. The predicted molar refractivity (Wildman–Crippen MR) is 76.0 cm³/mol. The second-order valence-corrected chi connectivity index (χ2v) is 5.65. The molecular weight excluding hydrogens is 296 g/mol. The lowest BCUT2D eigenvalue weighted by atomic mass is 10.00. The summed E-state index contributed by atoms with van der Waals surface area (Å²) in [6.07, 6.45) is -7.63. The average Bonchev–Trinajstić information content (AvgIpc) is 2.48. The summed E-state index contributed by atoms with van der Waals surface area (Å²) in [5.41, 5.74) is 0. The zero-order valence-electron chi connectivity index (χ0n) is 13.2. The van der Waals surface area contributed by atoms with Crippen molar-refractivity contribution in [3.63, 3.8) is 0 Å². The summed E-state index contributed by atoms with van der Waals surface area (Å²) >= 11 is 0. The van der Waals surface area contributed by atoms with E-state index in [9.17, 15) is 25.5 Å². The van der Waals surface area contributed by atoms with Gasteiger partial charge in [-0.3, -0.25) is 0 Å². The van der Waals surface area contributed by atoms with E-state index in [1.165, 1.54) is 6.42 Å². The van der Waals surface area contributed by atoms with Gasteiger partial charge in [-0.25, -0.2) is 0 Å². The summed E-state index contributed by atoms with van der Waals surface area (Å²) in [6.45, 7) is 5.71. The fraction of sp³-hybridized carbons (Fsp3) is 1.00. The van der Waals surface area contributed by atoms with Crippen LogP contribution in [0.15, 0.2) is 0 Å². The van der Waals surface area contributed by atoms with Gasteiger partial charge in [0, 0.05) is 0 Å². The van der Waals surface area contributed by atoms with E-state index in [4.69, 9.17) is 14.2 Å². The molecule has 8 heteroatoms. The molecule has 2 fully saturated rings. The van der Waals surface area contributed by atoms with E-state index in [0.29, 0.717) is 0 Å². The van der Waals surface area contributed by atoms with Crippen LogP contribution in [0.25, 0.3) is 0 Å². The van der Waals surface area contributed by atoms with Gasteiger partial charge in [0.05, 0.1) is 19.3 Å². The molecule has 0 radical (unpaired) electrons. The van der Waals surface area contributed by atoms with E-state index >= 15 is 0 Å². The van der Waals surface area contributed by atoms with Gasteiger partial charge in [0.1, 0.15) is 36.6 Å². The fourth-order valence-corrected chi connectivity index (χ4v) is 2.19. The molecule has 0 aromatic rings. The minimum absolute atomic E-state index is 0.00237. The Morgan fingerprint density at radius 3 is 1.95 bits per heavy atom. The van der Waals surface area contributed by atoms with Crippen LogP contribution in [0.2, 0.25) is 0 Å². The molecular formula is C14H28O8. The number of aliphatic hydroxyl groups is 5. The van der Waals surface area contributed by atoms with Gasteiger partial charge in [-0.05, 0) is 6.92 Å². The summed E-state index contributed by atoms with van der Waals surface area (Å²) in [7, 11) is 0. The highest BCUT2D eigenvalue weighted by Crippen LogP contribution is 2.24. The third-order valence-corrected chi connectivity index (χ3v) is 3.47. The maximum atomic E-state index is 9.84. The van der Waals surface area contributed by atoms with Crippen molar-refractivity contribution in [2.24, 2.45) is 0 Å². The van der Waals surface area contributed by atoms with Crippen LogP contribution in [0.1, 0.15) is 27.2 Å². The Labute approximate surface area is 130 Å². The van der Waals surface area contributed by atoms with Crippen molar-refractivity contribution in [1.29, 1.82) is 0 Å². The minimum atomic E-state index is -1.44. The first kappa shape index (κ1) is 19.7. The number of ether oxygens (including phenoxy) is 3. The Bertz CT molecular complexity index is 315. The van der Waals surface area contributed by atoms with Crippen LogP contribution in [-0.2, 0) is 14.2 Å². The first-order valence-corrected chi connectivity index (χ1v) is 7.62. The van der Waals surface area contributed by atoms with Crippen LogP contribution in [-0.4, -0.2) is 87.8 Å². The SMILES string of the molecule is CCC.C[C@@H]1OC[C@H](O)[C@H](O)[C@H]1O[C@@H]1OC[C@@H](O)[C@H](O)[C@H]1O. The van der Waals surface area contributed by atoms with E-state index in [1.54, 1.807) is 6.92 Å². The van der Waals surface area contributed by atoms with Crippen LogP contribution in [0, 0.1) is 0 Å². The van der Waals surface area contributed by atoms with Crippen LogP contribution in [0.5, 0.6) is 0 Å². The van der Waals surface area contributed by atoms with Gasteiger partial charge < -0.3 is 39.7 Å².